The highest BCUT2D eigenvalue weighted by Crippen LogP contribution is 2.24. The summed E-state index contributed by atoms with van der Waals surface area (Å²) in [5.41, 5.74) is 2.16. The van der Waals surface area contributed by atoms with Crippen LogP contribution in [-0.4, -0.2) is 12.0 Å². The molecule has 0 unspecified atom stereocenters. The van der Waals surface area contributed by atoms with E-state index in [1.807, 2.05) is 26.1 Å². The van der Waals surface area contributed by atoms with Gasteiger partial charge in [0.05, 0.1) is 12.1 Å². The molecule has 0 amide bonds. The second-order valence-corrected chi connectivity index (χ2v) is 5.31. The number of aromatic nitrogens is 1. The molecule has 0 bridgehead atoms. The first-order chi connectivity index (χ1) is 8.61. The lowest BCUT2D eigenvalue weighted by molar-refractivity contribution is 0.529. The second kappa shape index (κ2) is 5.76. The van der Waals surface area contributed by atoms with Crippen LogP contribution in [0, 0.1) is 6.92 Å². The Balaban J connectivity index is 2.23. The van der Waals surface area contributed by atoms with Gasteiger partial charge in [0.1, 0.15) is 11.6 Å². The molecule has 3 nitrogen and oxygen atoms in total. The Morgan fingerprint density at radius 2 is 2.22 bits per heavy atom. The van der Waals surface area contributed by atoms with Crippen molar-refractivity contribution in [2.24, 2.45) is 0 Å². The molecule has 0 saturated carbocycles. The van der Waals surface area contributed by atoms with Crippen molar-refractivity contribution in [1.82, 2.24) is 4.98 Å². The quantitative estimate of drug-likeness (QED) is 0.790. The summed E-state index contributed by atoms with van der Waals surface area (Å²) in [5.74, 6) is 2.27. The lowest BCUT2D eigenvalue weighted by Gasteiger charge is -2.20. The Hall–Kier alpha value is -1.00. The number of nitrogens with zero attached hydrogens (tertiary/aromatic N) is 2. The third-order valence-corrected chi connectivity index (χ3v) is 3.51. The zero-order valence-corrected chi connectivity index (χ0v) is 12.6. The average molecular weight is 330 g/mol. The van der Waals surface area contributed by atoms with Gasteiger partial charge in [0.25, 0.3) is 0 Å². The molecule has 0 aliphatic carbocycles. The van der Waals surface area contributed by atoms with Crippen LogP contribution in [0.25, 0.3) is 0 Å². The predicted molar refractivity (Wildman–Crippen MR) is 77.0 cm³/mol. The van der Waals surface area contributed by atoms with E-state index < -0.39 is 0 Å². The van der Waals surface area contributed by atoms with E-state index in [1.165, 1.54) is 0 Å². The van der Waals surface area contributed by atoms with Crippen molar-refractivity contribution in [1.29, 1.82) is 0 Å². The normalized spacial score (nSPS) is 10.7. The molecule has 2 aromatic rings. The van der Waals surface area contributed by atoms with Crippen molar-refractivity contribution < 1.29 is 4.42 Å². The van der Waals surface area contributed by atoms with E-state index in [9.17, 15) is 0 Å². The number of hydrogen-bond acceptors (Lipinski definition) is 3. The number of furan rings is 1. The van der Waals surface area contributed by atoms with Crippen molar-refractivity contribution >= 4 is 33.3 Å². The van der Waals surface area contributed by atoms with E-state index in [2.05, 4.69) is 25.8 Å². The van der Waals surface area contributed by atoms with Crippen LogP contribution < -0.4 is 4.90 Å². The minimum atomic E-state index is 0.441. The number of aryl methyl sites for hydroxylation is 1. The van der Waals surface area contributed by atoms with Gasteiger partial charge in [-0.1, -0.05) is 0 Å². The molecule has 5 heteroatoms. The summed E-state index contributed by atoms with van der Waals surface area (Å²) >= 11 is 9.36. The van der Waals surface area contributed by atoms with Crippen LogP contribution in [0.4, 0.5) is 5.82 Å². The van der Waals surface area contributed by atoms with Gasteiger partial charge in [-0.2, -0.15) is 0 Å². The van der Waals surface area contributed by atoms with Gasteiger partial charge in [-0.3, -0.25) is 0 Å². The first-order valence-electron chi connectivity index (χ1n) is 5.56. The molecule has 18 heavy (non-hydrogen) atoms. The molecule has 0 aromatic carbocycles. The molecule has 2 aromatic heterocycles. The lowest BCUT2D eigenvalue weighted by Crippen LogP contribution is -2.19. The molecule has 0 fully saturated rings. The molecule has 0 N–H and O–H groups in total. The van der Waals surface area contributed by atoms with Crippen molar-refractivity contribution in [2.45, 2.75) is 19.3 Å². The highest BCUT2D eigenvalue weighted by molar-refractivity contribution is 9.10. The molecule has 0 spiro atoms. The summed E-state index contributed by atoms with van der Waals surface area (Å²) in [4.78, 5) is 6.49. The molecule has 0 aliphatic rings. The van der Waals surface area contributed by atoms with Crippen LogP contribution in [0.3, 0.4) is 0 Å². The van der Waals surface area contributed by atoms with Crippen LogP contribution in [0.2, 0.25) is 0 Å². The van der Waals surface area contributed by atoms with Crippen LogP contribution in [0.1, 0.15) is 16.9 Å². The molecular formula is C13H14BrClN2O. The maximum Gasteiger partial charge on any atom is 0.133 e. The van der Waals surface area contributed by atoms with E-state index in [1.54, 1.807) is 12.5 Å². The van der Waals surface area contributed by atoms with Crippen molar-refractivity contribution in [3.05, 3.63) is 46.0 Å². The summed E-state index contributed by atoms with van der Waals surface area (Å²) in [5, 5.41) is 0. The molecular weight excluding hydrogens is 316 g/mol. The van der Waals surface area contributed by atoms with Gasteiger partial charge in [0.15, 0.2) is 0 Å². The van der Waals surface area contributed by atoms with Gasteiger partial charge in [-0.25, -0.2) is 4.98 Å². The zero-order chi connectivity index (χ0) is 13.1. The largest absolute Gasteiger partial charge is 0.469 e. The van der Waals surface area contributed by atoms with E-state index in [4.69, 9.17) is 16.0 Å². The first kappa shape index (κ1) is 13.4. The number of hydrogen-bond donors (Lipinski definition) is 0. The Labute approximate surface area is 120 Å². The standard InChI is InChI=1S/C13H14BrClN2O/c1-9-10(3-4-18-9)8-17(2)13-11(6-15)5-12(14)7-16-13/h3-5,7H,6,8H2,1-2H3. The van der Waals surface area contributed by atoms with Crippen LogP contribution >= 0.6 is 27.5 Å². The molecule has 0 saturated heterocycles. The maximum atomic E-state index is 5.96. The highest BCUT2D eigenvalue weighted by Gasteiger charge is 2.11. The fourth-order valence-corrected chi connectivity index (χ4v) is 2.40. The molecule has 0 aliphatic heterocycles. The van der Waals surface area contributed by atoms with Crippen molar-refractivity contribution in [2.75, 3.05) is 11.9 Å². The van der Waals surface area contributed by atoms with E-state index >= 15 is 0 Å². The van der Waals surface area contributed by atoms with Crippen molar-refractivity contribution in [3.63, 3.8) is 0 Å². The molecule has 96 valence electrons. The minimum absolute atomic E-state index is 0.441. The Morgan fingerprint density at radius 3 is 2.83 bits per heavy atom. The van der Waals surface area contributed by atoms with E-state index in [-0.39, 0.29) is 0 Å². The number of halogens is 2. The first-order valence-corrected chi connectivity index (χ1v) is 6.89. The number of alkyl halides is 1. The fraction of sp³-hybridized carbons (Fsp3) is 0.308. The third-order valence-electron chi connectivity index (χ3n) is 2.79. The summed E-state index contributed by atoms with van der Waals surface area (Å²) in [6.45, 7) is 2.71. The van der Waals surface area contributed by atoms with Gasteiger partial charge in [0, 0.05) is 35.4 Å². The van der Waals surface area contributed by atoms with Crippen molar-refractivity contribution in [3.8, 4) is 0 Å². The molecule has 0 radical (unpaired) electrons. The Bertz CT molecular complexity index is 542. The summed E-state index contributed by atoms with van der Waals surface area (Å²) in [7, 11) is 2.00. The summed E-state index contributed by atoms with van der Waals surface area (Å²) in [6, 6.07) is 3.97. The van der Waals surface area contributed by atoms with E-state index in [0.717, 1.165) is 33.7 Å². The number of pyridine rings is 1. The maximum absolute atomic E-state index is 5.96. The van der Waals surface area contributed by atoms with Crippen LogP contribution in [0.5, 0.6) is 0 Å². The molecule has 2 rings (SSSR count). The Kier molecular flexibility index (Phi) is 4.30. The summed E-state index contributed by atoms with van der Waals surface area (Å²) in [6.07, 6.45) is 3.49. The average Bonchev–Trinajstić information content (AvgIpc) is 2.74. The summed E-state index contributed by atoms with van der Waals surface area (Å²) < 4.78 is 6.24. The predicted octanol–water partition coefficient (Wildman–Crippen LogP) is 4.12. The van der Waals surface area contributed by atoms with Gasteiger partial charge < -0.3 is 9.32 Å². The van der Waals surface area contributed by atoms with Crippen LogP contribution in [-0.2, 0) is 12.4 Å². The lowest BCUT2D eigenvalue weighted by atomic mass is 10.2. The smallest absolute Gasteiger partial charge is 0.133 e. The fourth-order valence-electron chi connectivity index (χ4n) is 1.82. The number of anilines is 1. The highest BCUT2D eigenvalue weighted by atomic mass is 79.9. The molecule has 0 atom stereocenters. The van der Waals surface area contributed by atoms with Gasteiger partial charge in [0.2, 0.25) is 0 Å². The van der Waals surface area contributed by atoms with Gasteiger partial charge in [-0.15, -0.1) is 11.6 Å². The minimum Gasteiger partial charge on any atom is -0.469 e. The third kappa shape index (κ3) is 2.87. The molecule has 2 heterocycles. The van der Waals surface area contributed by atoms with Gasteiger partial charge >= 0.3 is 0 Å². The van der Waals surface area contributed by atoms with E-state index in [0.29, 0.717) is 5.88 Å². The van der Waals surface area contributed by atoms with Gasteiger partial charge in [-0.05, 0) is 35.0 Å². The topological polar surface area (TPSA) is 29.3 Å². The zero-order valence-electron chi connectivity index (χ0n) is 10.3. The SMILES string of the molecule is Cc1occc1CN(C)c1ncc(Br)cc1CCl. The number of rotatable bonds is 4. The monoisotopic (exact) mass is 328 g/mol. The Morgan fingerprint density at radius 1 is 1.44 bits per heavy atom. The second-order valence-electron chi connectivity index (χ2n) is 4.13. The van der Waals surface area contributed by atoms with Crippen LogP contribution in [0.15, 0.2) is 33.5 Å².